The molecule has 0 saturated heterocycles. The Kier molecular flexibility index (Phi) is 4.11. The molecule has 80 valence electrons. The number of hydrogen-bond donors (Lipinski definition) is 1. The van der Waals surface area contributed by atoms with Crippen molar-refractivity contribution in [3.05, 3.63) is 29.6 Å². The van der Waals surface area contributed by atoms with Gasteiger partial charge in [-0.1, -0.05) is 13.8 Å². The molecule has 0 spiro atoms. The maximum absolute atomic E-state index is 12.9. The molecule has 1 N–H and O–H groups in total. The van der Waals surface area contributed by atoms with Crippen molar-refractivity contribution in [2.24, 2.45) is 0 Å². The third-order valence-corrected chi connectivity index (χ3v) is 2.45. The van der Waals surface area contributed by atoms with Gasteiger partial charge in [-0.3, -0.25) is 0 Å². The van der Waals surface area contributed by atoms with Gasteiger partial charge in [0.25, 0.3) is 0 Å². The second-order valence-corrected chi connectivity index (χ2v) is 3.46. The average Bonchev–Trinajstić information content (AvgIpc) is 2.27. The minimum absolute atomic E-state index is 0.336. The van der Waals surface area contributed by atoms with Crippen molar-refractivity contribution in [3.63, 3.8) is 0 Å². The molecule has 0 saturated carbocycles. The molecule has 0 aromatic heterocycles. The van der Waals surface area contributed by atoms with Crippen LogP contribution in [0.25, 0.3) is 0 Å². The van der Waals surface area contributed by atoms with Crippen LogP contribution in [-0.2, 0) is 0 Å². The van der Waals surface area contributed by atoms with E-state index in [-0.39, 0.29) is 5.82 Å². The van der Waals surface area contributed by atoms with Gasteiger partial charge in [-0.15, -0.1) is 0 Å². The zero-order chi connectivity index (χ0) is 11.3. The molecule has 0 amide bonds. The van der Waals surface area contributed by atoms with Gasteiger partial charge in [0.1, 0.15) is 11.9 Å². The maximum atomic E-state index is 12.9. The number of benzene rings is 1. The molecule has 0 fully saturated rings. The molecule has 0 aliphatic heterocycles. The van der Waals surface area contributed by atoms with Crippen LogP contribution < -0.4 is 5.32 Å². The summed E-state index contributed by atoms with van der Waals surface area (Å²) in [5.41, 5.74) is 1.08. The van der Waals surface area contributed by atoms with E-state index in [0.29, 0.717) is 17.3 Å². The van der Waals surface area contributed by atoms with Crippen LogP contribution in [-0.4, -0.2) is 6.04 Å². The van der Waals surface area contributed by atoms with Gasteiger partial charge in [-0.25, -0.2) is 4.39 Å². The van der Waals surface area contributed by atoms with Crippen LogP contribution >= 0.6 is 0 Å². The first-order valence-corrected chi connectivity index (χ1v) is 5.17. The molecule has 15 heavy (non-hydrogen) atoms. The zero-order valence-electron chi connectivity index (χ0n) is 9.05. The molecule has 1 aromatic rings. The number of hydrogen-bond acceptors (Lipinski definition) is 2. The predicted molar refractivity (Wildman–Crippen MR) is 59.1 cm³/mol. The highest BCUT2D eigenvalue weighted by Crippen LogP contribution is 2.18. The maximum Gasteiger partial charge on any atom is 0.124 e. The Labute approximate surface area is 89.7 Å². The zero-order valence-corrected chi connectivity index (χ0v) is 9.05. The number of nitriles is 1. The molecule has 0 aliphatic rings. The monoisotopic (exact) mass is 206 g/mol. The van der Waals surface area contributed by atoms with E-state index in [0.717, 1.165) is 12.8 Å². The Bertz CT molecular complexity index is 364. The first-order valence-electron chi connectivity index (χ1n) is 5.17. The number of anilines is 1. The summed E-state index contributed by atoms with van der Waals surface area (Å²) in [6, 6.07) is 6.56. The molecule has 0 atom stereocenters. The molecular weight excluding hydrogens is 191 g/mol. The highest BCUT2D eigenvalue weighted by atomic mass is 19.1. The lowest BCUT2D eigenvalue weighted by Crippen LogP contribution is -2.17. The van der Waals surface area contributed by atoms with E-state index in [1.54, 1.807) is 6.07 Å². The van der Waals surface area contributed by atoms with Gasteiger partial charge in [0, 0.05) is 6.04 Å². The summed E-state index contributed by atoms with van der Waals surface area (Å²) < 4.78 is 12.9. The summed E-state index contributed by atoms with van der Waals surface area (Å²) in [6.07, 6.45) is 1.97. The van der Waals surface area contributed by atoms with E-state index in [9.17, 15) is 4.39 Å². The minimum Gasteiger partial charge on any atom is -0.381 e. The largest absolute Gasteiger partial charge is 0.381 e. The van der Waals surface area contributed by atoms with Gasteiger partial charge >= 0.3 is 0 Å². The number of rotatable bonds is 4. The van der Waals surface area contributed by atoms with Gasteiger partial charge in [0.05, 0.1) is 11.3 Å². The number of nitrogens with zero attached hydrogens (tertiary/aromatic N) is 1. The molecule has 0 heterocycles. The van der Waals surface area contributed by atoms with Crippen molar-refractivity contribution in [2.45, 2.75) is 32.7 Å². The second-order valence-electron chi connectivity index (χ2n) is 3.46. The van der Waals surface area contributed by atoms with Crippen molar-refractivity contribution >= 4 is 5.69 Å². The molecule has 0 radical (unpaired) electrons. The van der Waals surface area contributed by atoms with Crippen LogP contribution in [0.2, 0.25) is 0 Å². The first kappa shape index (κ1) is 11.5. The van der Waals surface area contributed by atoms with Crippen molar-refractivity contribution in [1.29, 1.82) is 5.26 Å². The summed E-state index contributed by atoms with van der Waals surface area (Å²) in [7, 11) is 0. The summed E-state index contributed by atoms with van der Waals surface area (Å²) in [4.78, 5) is 0. The molecule has 0 aliphatic carbocycles. The molecule has 3 heteroatoms. The van der Waals surface area contributed by atoms with Crippen molar-refractivity contribution in [2.75, 3.05) is 5.32 Å². The van der Waals surface area contributed by atoms with Gasteiger partial charge in [0.15, 0.2) is 0 Å². The molecule has 0 unspecified atom stereocenters. The van der Waals surface area contributed by atoms with Crippen LogP contribution in [0.4, 0.5) is 10.1 Å². The van der Waals surface area contributed by atoms with Gasteiger partial charge in [-0.2, -0.15) is 5.26 Å². The summed E-state index contributed by atoms with van der Waals surface area (Å²) in [5.74, 6) is -0.373. The van der Waals surface area contributed by atoms with E-state index in [1.807, 2.05) is 6.07 Å². The van der Waals surface area contributed by atoms with Crippen molar-refractivity contribution < 1.29 is 4.39 Å². The van der Waals surface area contributed by atoms with Crippen LogP contribution in [0, 0.1) is 17.1 Å². The lowest BCUT2D eigenvalue weighted by Gasteiger charge is -2.17. The second kappa shape index (κ2) is 5.35. The van der Waals surface area contributed by atoms with E-state index in [2.05, 4.69) is 19.2 Å². The van der Waals surface area contributed by atoms with Gasteiger partial charge < -0.3 is 5.32 Å². The van der Waals surface area contributed by atoms with Crippen LogP contribution in [0.5, 0.6) is 0 Å². The van der Waals surface area contributed by atoms with E-state index >= 15 is 0 Å². The van der Waals surface area contributed by atoms with Crippen LogP contribution in [0.3, 0.4) is 0 Å². The molecule has 1 rings (SSSR count). The Morgan fingerprint density at radius 1 is 1.40 bits per heavy atom. The van der Waals surface area contributed by atoms with Crippen molar-refractivity contribution in [1.82, 2.24) is 0 Å². The third-order valence-electron chi connectivity index (χ3n) is 2.45. The summed E-state index contributed by atoms with van der Waals surface area (Å²) in [5, 5.41) is 12.1. The Hall–Kier alpha value is -1.56. The Morgan fingerprint density at radius 2 is 2.07 bits per heavy atom. The highest BCUT2D eigenvalue weighted by molar-refractivity contribution is 5.57. The number of nitrogens with one attached hydrogen (secondary N) is 1. The third kappa shape index (κ3) is 2.95. The smallest absolute Gasteiger partial charge is 0.124 e. The predicted octanol–water partition coefficient (Wildman–Crippen LogP) is 3.30. The molecule has 2 nitrogen and oxygen atoms in total. The van der Waals surface area contributed by atoms with Gasteiger partial charge in [-0.05, 0) is 31.0 Å². The Morgan fingerprint density at radius 3 is 2.60 bits per heavy atom. The summed E-state index contributed by atoms with van der Waals surface area (Å²) in [6.45, 7) is 4.16. The SMILES string of the molecule is CCC(CC)Nc1ccc(F)cc1C#N. The average molecular weight is 206 g/mol. The molecule has 0 bridgehead atoms. The topological polar surface area (TPSA) is 35.8 Å². The van der Waals surface area contributed by atoms with E-state index < -0.39 is 0 Å². The normalized spacial score (nSPS) is 10.1. The lowest BCUT2D eigenvalue weighted by atomic mass is 10.1. The van der Waals surface area contributed by atoms with E-state index in [4.69, 9.17) is 5.26 Å². The fourth-order valence-electron chi connectivity index (χ4n) is 1.45. The first-order chi connectivity index (χ1) is 7.21. The van der Waals surface area contributed by atoms with Crippen molar-refractivity contribution in [3.8, 4) is 6.07 Å². The van der Waals surface area contributed by atoms with Crippen LogP contribution in [0.15, 0.2) is 18.2 Å². The lowest BCUT2D eigenvalue weighted by molar-refractivity contribution is 0.626. The van der Waals surface area contributed by atoms with Gasteiger partial charge in [0.2, 0.25) is 0 Å². The molecule has 1 aromatic carbocycles. The Balaban J connectivity index is 2.90. The summed E-state index contributed by atoms with van der Waals surface area (Å²) >= 11 is 0. The fourth-order valence-corrected chi connectivity index (χ4v) is 1.45. The standard InChI is InChI=1S/C12H15FN2/c1-3-11(4-2)15-12-6-5-10(13)7-9(12)8-14/h5-7,11,15H,3-4H2,1-2H3. The van der Waals surface area contributed by atoms with Crippen LogP contribution in [0.1, 0.15) is 32.3 Å². The molecular formula is C12H15FN2. The van der Waals surface area contributed by atoms with E-state index in [1.165, 1.54) is 12.1 Å². The highest BCUT2D eigenvalue weighted by Gasteiger charge is 2.07. The number of halogens is 1. The fraction of sp³-hybridized carbons (Fsp3) is 0.417. The minimum atomic E-state index is -0.373. The quantitative estimate of drug-likeness (QED) is 0.820.